The zero-order chi connectivity index (χ0) is 23.9. The number of carbonyl (C=O) groups excluding carboxylic acids is 1. The van der Waals surface area contributed by atoms with Crippen LogP contribution in [0.15, 0.2) is 84.0 Å². The minimum atomic E-state index is -0.415. The number of halogens is 1. The van der Waals surface area contributed by atoms with Gasteiger partial charge in [-0.05, 0) is 43.2 Å². The number of nitrogens with zero attached hydrogens (tertiary/aromatic N) is 3. The Hall–Kier alpha value is -3.29. The molecule has 0 aliphatic rings. The molecule has 1 atom stereocenters. The zero-order valence-electron chi connectivity index (χ0n) is 18.9. The van der Waals surface area contributed by atoms with Crippen molar-refractivity contribution in [3.63, 3.8) is 0 Å². The average molecular weight is 493 g/mol. The summed E-state index contributed by atoms with van der Waals surface area (Å²) in [6.07, 6.45) is 0.800. The van der Waals surface area contributed by atoms with E-state index in [9.17, 15) is 4.79 Å². The van der Waals surface area contributed by atoms with Crippen molar-refractivity contribution < 1.29 is 9.53 Å². The molecule has 0 bridgehead atoms. The first-order chi connectivity index (χ1) is 16.6. The van der Waals surface area contributed by atoms with E-state index >= 15 is 0 Å². The van der Waals surface area contributed by atoms with E-state index in [-0.39, 0.29) is 5.91 Å². The Kier molecular flexibility index (Phi) is 7.87. The topological polar surface area (TPSA) is 69.0 Å². The first kappa shape index (κ1) is 23.9. The molecule has 6 nitrogen and oxygen atoms in total. The summed E-state index contributed by atoms with van der Waals surface area (Å²) in [5.74, 6) is 1.26. The molecule has 1 heterocycles. The van der Waals surface area contributed by atoms with Crippen LogP contribution in [0.5, 0.6) is 5.75 Å². The average Bonchev–Trinajstić information content (AvgIpc) is 3.26. The van der Waals surface area contributed by atoms with E-state index in [4.69, 9.17) is 16.3 Å². The van der Waals surface area contributed by atoms with Gasteiger partial charge in [0.15, 0.2) is 11.0 Å². The van der Waals surface area contributed by atoms with Crippen LogP contribution < -0.4 is 10.1 Å². The van der Waals surface area contributed by atoms with E-state index < -0.39 is 5.25 Å². The third-order valence-electron chi connectivity index (χ3n) is 5.31. The summed E-state index contributed by atoms with van der Waals surface area (Å²) >= 11 is 7.56. The molecule has 34 heavy (non-hydrogen) atoms. The highest BCUT2D eigenvalue weighted by Gasteiger charge is 2.22. The van der Waals surface area contributed by atoms with Crippen LogP contribution in [0.1, 0.15) is 12.5 Å². The fourth-order valence-corrected chi connectivity index (χ4v) is 4.56. The van der Waals surface area contributed by atoms with Gasteiger partial charge in [-0.1, -0.05) is 78.0 Å². The van der Waals surface area contributed by atoms with E-state index in [0.717, 1.165) is 17.7 Å². The monoisotopic (exact) mass is 492 g/mol. The van der Waals surface area contributed by atoms with E-state index in [1.807, 2.05) is 61.5 Å². The highest BCUT2D eigenvalue weighted by atomic mass is 35.5. The third-order valence-corrected chi connectivity index (χ3v) is 6.72. The highest BCUT2D eigenvalue weighted by Crippen LogP contribution is 2.32. The van der Waals surface area contributed by atoms with Gasteiger partial charge in [-0.2, -0.15) is 0 Å². The highest BCUT2D eigenvalue weighted by molar-refractivity contribution is 8.00. The quantitative estimate of drug-likeness (QED) is 0.291. The number of aryl methyl sites for hydroxylation is 1. The van der Waals surface area contributed by atoms with Crippen LogP contribution in [0.3, 0.4) is 0 Å². The SMILES string of the molecule is COc1ccccc1-c1nnc(SC(C)C(=O)Nc2ccccc2Cl)n1CCc1ccccc1. The molecule has 4 aromatic rings. The molecule has 3 aromatic carbocycles. The fourth-order valence-electron chi connectivity index (χ4n) is 3.50. The molecule has 1 unspecified atom stereocenters. The Morgan fingerprint density at radius 3 is 2.50 bits per heavy atom. The van der Waals surface area contributed by atoms with E-state index in [2.05, 4.69) is 32.2 Å². The second-order valence-electron chi connectivity index (χ2n) is 7.62. The van der Waals surface area contributed by atoms with Crippen molar-refractivity contribution in [2.24, 2.45) is 0 Å². The number of aromatic nitrogens is 3. The Morgan fingerprint density at radius 1 is 1.03 bits per heavy atom. The number of hydrogen-bond donors (Lipinski definition) is 1. The van der Waals surface area contributed by atoms with Crippen molar-refractivity contribution in [3.8, 4) is 17.1 Å². The maximum Gasteiger partial charge on any atom is 0.237 e. The number of nitrogens with one attached hydrogen (secondary N) is 1. The van der Waals surface area contributed by atoms with Gasteiger partial charge in [0.05, 0.1) is 28.6 Å². The van der Waals surface area contributed by atoms with E-state index in [1.54, 1.807) is 19.2 Å². The molecule has 0 fully saturated rings. The van der Waals surface area contributed by atoms with Crippen LogP contribution in [0.2, 0.25) is 5.02 Å². The third kappa shape index (κ3) is 5.61. The summed E-state index contributed by atoms with van der Waals surface area (Å²) in [6.45, 7) is 2.50. The van der Waals surface area contributed by atoms with Gasteiger partial charge < -0.3 is 14.6 Å². The Balaban J connectivity index is 1.60. The number of benzene rings is 3. The summed E-state index contributed by atoms with van der Waals surface area (Å²) in [7, 11) is 1.64. The molecule has 0 aliphatic heterocycles. The predicted molar refractivity (Wildman–Crippen MR) is 138 cm³/mol. The molecule has 0 aliphatic carbocycles. The van der Waals surface area contributed by atoms with Crippen LogP contribution in [-0.2, 0) is 17.8 Å². The second-order valence-corrected chi connectivity index (χ2v) is 9.34. The molecular weight excluding hydrogens is 468 g/mol. The zero-order valence-corrected chi connectivity index (χ0v) is 20.5. The molecule has 0 saturated heterocycles. The van der Waals surface area contributed by atoms with Gasteiger partial charge in [0.25, 0.3) is 0 Å². The molecule has 1 amide bonds. The number of carbonyl (C=O) groups is 1. The van der Waals surface area contributed by atoms with Crippen molar-refractivity contribution in [1.82, 2.24) is 14.8 Å². The standard InChI is InChI=1S/C26H25ClN4O2S/c1-18(25(32)28-22-14-8-7-13-21(22)27)34-26-30-29-24(20-12-6-9-15-23(20)33-2)31(26)17-16-19-10-4-3-5-11-19/h3-15,18H,16-17H2,1-2H3,(H,28,32). The molecule has 174 valence electrons. The van der Waals surface area contributed by atoms with Crippen LogP contribution >= 0.6 is 23.4 Å². The van der Waals surface area contributed by atoms with Gasteiger partial charge in [-0.3, -0.25) is 4.79 Å². The van der Waals surface area contributed by atoms with Crippen molar-refractivity contribution in [2.75, 3.05) is 12.4 Å². The van der Waals surface area contributed by atoms with E-state index in [0.29, 0.717) is 28.2 Å². The minimum Gasteiger partial charge on any atom is -0.496 e. The largest absolute Gasteiger partial charge is 0.496 e. The first-order valence-electron chi connectivity index (χ1n) is 10.9. The van der Waals surface area contributed by atoms with Crippen LogP contribution in [0, 0.1) is 0 Å². The van der Waals surface area contributed by atoms with Crippen LogP contribution in [0.4, 0.5) is 5.69 Å². The number of hydrogen-bond acceptors (Lipinski definition) is 5. The summed E-state index contributed by atoms with van der Waals surface area (Å²) in [4.78, 5) is 12.9. The molecule has 1 aromatic heterocycles. The lowest BCUT2D eigenvalue weighted by Gasteiger charge is -2.15. The molecule has 4 rings (SSSR count). The van der Waals surface area contributed by atoms with Gasteiger partial charge in [0.1, 0.15) is 5.75 Å². The van der Waals surface area contributed by atoms with Gasteiger partial charge in [-0.25, -0.2) is 0 Å². The maximum absolute atomic E-state index is 12.9. The van der Waals surface area contributed by atoms with E-state index in [1.165, 1.54) is 17.3 Å². The molecule has 8 heteroatoms. The van der Waals surface area contributed by atoms with Crippen molar-refractivity contribution in [3.05, 3.63) is 89.4 Å². The molecule has 1 N–H and O–H groups in total. The minimum absolute atomic E-state index is 0.158. The second kappa shape index (κ2) is 11.2. The summed E-state index contributed by atoms with van der Waals surface area (Å²) in [5.41, 5.74) is 2.65. The van der Waals surface area contributed by atoms with Crippen molar-refractivity contribution in [1.29, 1.82) is 0 Å². The lowest BCUT2D eigenvalue weighted by atomic mass is 10.1. The number of amides is 1. The predicted octanol–water partition coefficient (Wildman–Crippen LogP) is 5.97. The van der Waals surface area contributed by atoms with Gasteiger partial charge in [0.2, 0.25) is 5.91 Å². The number of methoxy groups -OCH3 is 1. The fraction of sp³-hybridized carbons (Fsp3) is 0.192. The molecule has 0 radical (unpaired) electrons. The van der Waals surface area contributed by atoms with Crippen LogP contribution in [-0.4, -0.2) is 33.0 Å². The van der Waals surface area contributed by atoms with Crippen LogP contribution in [0.25, 0.3) is 11.4 Å². The molecule has 0 spiro atoms. The first-order valence-corrected chi connectivity index (χ1v) is 12.1. The molecule has 0 saturated carbocycles. The normalized spacial score (nSPS) is 11.7. The summed E-state index contributed by atoms with van der Waals surface area (Å²) in [5, 5.41) is 12.6. The Morgan fingerprint density at radius 2 is 1.74 bits per heavy atom. The number of anilines is 1. The van der Waals surface area contributed by atoms with Crippen molar-refractivity contribution in [2.45, 2.75) is 30.3 Å². The number of rotatable bonds is 9. The number of para-hydroxylation sites is 2. The Bertz CT molecular complexity index is 1260. The van der Waals surface area contributed by atoms with Gasteiger partial charge in [0, 0.05) is 6.54 Å². The molecular formula is C26H25ClN4O2S. The smallest absolute Gasteiger partial charge is 0.237 e. The maximum atomic E-state index is 12.9. The number of thioether (sulfide) groups is 1. The lowest BCUT2D eigenvalue weighted by molar-refractivity contribution is -0.115. The summed E-state index contributed by atoms with van der Waals surface area (Å²) in [6, 6.07) is 25.2. The summed E-state index contributed by atoms with van der Waals surface area (Å²) < 4.78 is 7.61. The van der Waals surface area contributed by atoms with Gasteiger partial charge >= 0.3 is 0 Å². The van der Waals surface area contributed by atoms with Gasteiger partial charge in [-0.15, -0.1) is 10.2 Å². The number of ether oxygens (including phenoxy) is 1. The van der Waals surface area contributed by atoms with Crippen molar-refractivity contribution >= 4 is 35.0 Å². The lowest BCUT2D eigenvalue weighted by Crippen LogP contribution is -2.23. The Labute approximate surface area is 208 Å².